The Labute approximate surface area is 162 Å². The summed E-state index contributed by atoms with van der Waals surface area (Å²) in [6.45, 7) is 8.62. The molecule has 0 aromatic heterocycles. The zero-order valence-corrected chi connectivity index (χ0v) is 17.1. The molecule has 0 aliphatic heterocycles. The Morgan fingerprint density at radius 1 is 1.30 bits per heavy atom. The maximum atomic E-state index is 12.7. The lowest BCUT2D eigenvalue weighted by molar-refractivity contribution is -0.174. The number of aliphatic hydroxyl groups is 1. The van der Waals surface area contributed by atoms with E-state index >= 15 is 0 Å². The van der Waals surface area contributed by atoms with E-state index in [1.54, 1.807) is 12.2 Å². The molecule has 3 fully saturated rings. The number of methoxy groups -OCH3 is 1. The van der Waals surface area contributed by atoms with E-state index in [9.17, 15) is 14.7 Å². The van der Waals surface area contributed by atoms with E-state index < -0.39 is 11.5 Å². The van der Waals surface area contributed by atoms with Crippen molar-refractivity contribution in [2.45, 2.75) is 59.5 Å². The molecule has 1 N–H and O–H groups in total. The third kappa shape index (κ3) is 2.25. The third-order valence-corrected chi connectivity index (χ3v) is 9.06. The molecule has 0 bridgehead atoms. The van der Waals surface area contributed by atoms with Gasteiger partial charge in [-0.05, 0) is 67.9 Å². The van der Waals surface area contributed by atoms with Crippen molar-refractivity contribution in [3.05, 3.63) is 23.8 Å². The Morgan fingerprint density at radius 2 is 2.00 bits per heavy atom. The molecule has 0 aromatic rings. The van der Waals surface area contributed by atoms with Crippen LogP contribution in [0.2, 0.25) is 0 Å². The van der Waals surface area contributed by atoms with Gasteiger partial charge in [0, 0.05) is 11.3 Å². The molecule has 3 unspecified atom stereocenters. The summed E-state index contributed by atoms with van der Waals surface area (Å²) < 4.78 is 5.18. The second kappa shape index (κ2) is 5.79. The van der Waals surface area contributed by atoms with Gasteiger partial charge in [-0.25, -0.2) is 0 Å². The SMILES string of the molecule is COC(=O)[C@@]1(C)CCC2C3C[C@H](C)C4=CC(=O)C=C[C@]4(C)C3[C@@H](O)C[C@@]21C. The van der Waals surface area contributed by atoms with Gasteiger partial charge in [0.15, 0.2) is 5.78 Å². The van der Waals surface area contributed by atoms with Gasteiger partial charge in [-0.3, -0.25) is 9.59 Å². The fourth-order valence-corrected chi connectivity index (χ4v) is 7.55. The first-order chi connectivity index (χ1) is 12.6. The van der Waals surface area contributed by atoms with Crippen LogP contribution in [0.4, 0.5) is 0 Å². The van der Waals surface area contributed by atoms with Crippen molar-refractivity contribution >= 4 is 11.8 Å². The monoisotopic (exact) mass is 372 g/mol. The summed E-state index contributed by atoms with van der Waals surface area (Å²) in [5.41, 5.74) is 0.0948. The quantitative estimate of drug-likeness (QED) is 0.713. The Hall–Kier alpha value is -1.42. The Kier molecular flexibility index (Phi) is 4.06. The molecule has 148 valence electrons. The molecule has 0 saturated heterocycles. The van der Waals surface area contributed by atoms with Crippen LogP contribution in [0.3, 0.4) is 0 Å². The molecule has 4 aliphatic rings. The standard InChI is InChI=1S/C23H32O4/c1-13-10-15-16-7-9-22(3,20(26)27-5)23(16,4)12-18(25)19(15)21(2)8-6-14(24)11-17(13)21/h6,8,11,13,15-16,18-19,25H,7,9-10,12H2,1-5H3/t13-,15?,16?,18-,19?,21-,22+,23-/m0/s1. The van der Waals surface area contributed by atoms with Gasteiger partial charge in [-0.2, -0.15) is 0 Å². The molecular formula is C23H32O4. The summed E-state index contributed by atoms with van der Waals surface area (Å²) in [6.07, 6.45) is 8.43. The lowest BCUT2D eigenvalue weighted by atomic mass is 9.44. The summed E-state index contributed by atoms with van der Waals surface area (Å²) in [6, 6.07) is 0. The van der Waals surface area contributed by atoms with E-state index in [-0.39, 0.29) is 28.5 Å². The van der Waals surface area contributed by atoms with Gasteiger partial charge in [0.25, 0.3) is 0 Å². The molecule has 0 spiro atoms. The van der Waals surface area contributed by atoms with Crippen LogP contribution in [-0.2, 0) is 14.3 Å². The van der Waals surface area contributed by atoms with Crippen molar-refractivity contribution in [2.75, 3.05) is 7.11 Å². The van der Waals surface area contributed by atoms with Crippen LogP contribution >= 0.6 is 0 Å². The number of fused-ring (bicyclic) bond motifs is 5. The first-order valence-electron chi connectivity index (χ1n) is 10.3. The predicted octanol–water partition coefficient (Wildman–Crippen LogP) is 3.69. The maximum absolute atomic E-state index is 12.7. The van der Waals surface area contributed by atoms with Crippen molar-refractivity contribution in [3.8, 4) is 0 Å². The zero-order chi connectivity index (χ0) is 19.8. The topological polar surface area (TPSA) is 63.6 Å². The number of hydrogen-bond donors (Lipinski definition) is 1. The fourth-order valence-electron chi connectivity index (χ4n) is 7.55. The van der Waals surface area contributed by atoms with Crippen LogP contribution in [-0.4, -0.2) is 30.1 Å². The summed E-state index contributed by atoms with van der Waals surface area (Å²) in [5.74, 6) is 1.06. The largest absolute Gasteiger partial charge is 0.469 e. The van der Waals surface area contributed by atoms with Gasteiger partial charge >= 0.3 is 5.97 Å². The summed E-state index contributed by atoms with van der Waals surface area (Å²) in [5, 5.41) is 11.4. The first kappa shape index (κ1) is 18.9. The minimum absolute atomic E-state index is 0.0574. The molecule has 3 saturated carbocycles. The number of carbonyl (C=O) groups is 2. The van der Waals surface area contributed by atoms with Gasteiger partial charge < -0.3 is 9.84 Å². The summed E-state index contributed by atoms with van der Waals surface area (Å²) in [7, 11) is 1.47. The molecular weight excluding hydrogens is 340 g/mol. The van der Waals surface area contributed by atoms with E-state index in [1.807, 2.05) is 13.0 Å². The molecule has 4 heteroatoms. The lowest BCUT2D eigenvalue weighted by Gasteiger charge is -2.61. The highest BCUT2D eigenvalue weighted by atomic mass is 16.5. The fraction of sp³-hybridized carbons (Fsp3) is 0.739. The normalized spacial score (nSPS) is 51.1. The average Bonchev–Trinajstić information content (AvgIpc) is 2.87. The maximum Gasteiger partial charge on any atom is 0.312 e. The van der Waals surface area contributed by atoms with Gasteiger partial charge in [0.2, 0.25) is 0 Å². The molecule has 4 nitrogen and oxygen atoms in total. The van der Waals surface area contributed by atoms with Crippen molar-refractivity contribution in [3.63, 3.8) is 0 Å². The predicted molar refractivity (Wildman–Crippen MR) is 103 cm³/mol. The lowest BCUT2D eigenvalue weighted by Crippen LogP contribution is -2.59. The van der Waals surface area contributed by atoms with Crippen LogP contribution in [0.25, 0.3) is 0 Å². The minimum Gasteiger partial charge on any atom is -0.469 e. The smallest absolute Gasteiger partial charge is 0.312 e. The van der Waals surface area contributed by atoms with Crippen molar-refractivity contribution < 1.29 is 19.4 Å². The second-order valence-electron chi connectivity index (χ2n) is 10.1. The molecule has 0 amide bonds. The van der Waals surface area contributed by atoms with Gasteiger partial charge in [-0.1, -0.05) is 32.4 Å². The summed E-state index contributed by atoms with van der Waals surface area (Å²) in [4.78, 5) is 24.7. The number of rotatable bonds is 1. The van der Waals surface area contributed by atoms with Crippen LogP contribution in [0, 0.1) is 39.9 Å². The van der Waals surface area contributed by atoms with Crippen molar-refractivity contribution in [1.82, 2.24) is 0 Å². The van der Waals surface area contributed by atoms with E-state index in [0.717, 1.165) is 19.3 Å². The van der Waals surface area contributed by atoms with E-state index in [1.165, 1.54) is 12.7 Å². The minimum atomic E-state index is -0.545. The van der Waals surface area contributed by atoms with Crippen LogP contribution in [0.15, 0.2) is 23.8 Å². The van der Waals surface area contributed by atoms with Crippen LogP contribution < -0.4 is 0 Å². The average molecular weight is 373 g/mol. The zero-order valence-electron chi connectivity index (χ0n) is 17.1. The Balaban J connectivity index is 1.78. The van der Waals surface area contributed by atoms with Gasteiger partial charge in [0.05, 0.1) is 18.6 Å². The molecule has 4 rings (SSSR count). The first-order valence-corrected chi connectivity index (χ1v) is 10.3. The Bertz CT molecular complexity index is 751. The third-order valence-electron chi connectivity index (χ3n) is 9.06. The van der Waals surface area contributed by atoms with Gasteiger partial charge in [-0.15, -0.1) is 0 Å². The molecule has 4 aliphatic carbocycles. The highest BCUT2D eigenvalue weighted by Gasteiger charge is 2.67. The highest BCUT2D eigenvalue weighted by Crippen LogP contribution is 2.70. The number of esters is 1. The molecule has 0 heterocycles. The number of carbonyl (C=O) groups excluding carboxylic acids is 2. The number of allylic oxidation sites excluding steroid dienone is 4. The summed E-state index contributed by atoms with van der Waals surface area (Å²) >= 11 is 0. The van der Waals surface area contributed by atoms with Crippen molar-refractivity contribution in [2.24, 2.45) is 39.9 Å². The number of hydrogen-bond acceptors (Lipinski definition) is 4. The van der Waals surface area contributed by atoms with Gasteiger partial charge in [0.1, 0.15) is 0 Å². The molecule has 27 heavy (non-hydrogen) atoms. The number of ketones is 1. The number of ether oxygens (including phenoxy) is 1. The van der Waals surface area contributed by atoms with E-state index in [4.69, 9.17) is 4.74 Å². The van der Waals surface area contributed by atoms with E-state index in [0.29, 0.717) is 24.2 Å². The second-order valence-corrected chi connectivity index (χ2v) is 10.1. The van der Waals surface area contributed by atoms with Crippen LogP contribution in [0.1, 0.15) is 53.4 Å². The molecule has 0 aromatic carbocycles. The molecule has 0 radical (unpaired) electrons. The van der Waals surface area contributed by atoms with E-state index in [2.05, 4.69) is 20.8 Å². The van der Waals surface area contributed by atoms with Crippen LogP contribution in [0.5, 0.6) is 0 Å². The Morgan fingerprint density at radius 3 is 2.67 bits per heavy atom. The highest BCUT2D eigenvalue weighted by molar-refractivity contribution is 6.01. The number of aliphatic hydroxyl groups excluding tert-OH is 1. The molecule has 8 atom stereocenters. The van der Waals surface area contributed by atoms with Crippen molar-refractivity contribution in [1.29, 1.82) is 0 Å².